The molecular weight excluding hydrogens is 741 g/mol. The van der Waals surface area contributed by atoms with E-state index in [9.17, 15) is 29.1 Å². The molecule has 2 fully saturated rings. The van der Waals surface area contributed by atoms with Gasteiger partial charge in [0, 0.05) is 62.6 Å². The van der Waals surface area contributed by atoms with Crippen LogP contribution in [0.15, 0.2) is 78.2 Å². The van der Waals surface area contributed by atoms with Gasteiger partial charge in [-0.2, -0.15) is 4.98 Å². The Labute approximate surface area is 332 Å². The zero-order valence-corrected chi connectivity index (χ0v) is 32.1. The fourth-order valence-electron chi connectivity index (χ4n) is 8.39. The number of pyridine rings is 1. The van der Waals surface area contributed by atoms with Crippen LogP contribution in [0.3, 0.4) is 0 Å². The molecule has 4 aliphatic heterocycles. The first-order valence-electron chi connectivity index (χ1n) is 19.4. The average Bonchev–Trinajstić information content (AvgIpc) is 3.59. The molecule has 0 radical (unpaired) electrons. The van der Waals surface area contributed by atoms with E-state index in [-0.39, 0.29) is 36.1 Å². The van der Waals surface area contributed by atoms with Crippen LogP contribution < -0.4 is 21.1 Å². The van der Waals surface area contributed by atoms with E-state index in [1.807, 2.05) is 12.1 Å². The number of aliphatic hydroxyl groups is 1. The molecule has 2 saturated heterocycles. The van der Waals surface area contributed by atoms with Gasteiger partial charge in [-0.15, -0.1) is 6.58 Å². The van der Waals surface area contributed by atoms with Gasteiger partial charge in [-0.05, 0) is 80.3 Å². The lowest BCUT2D eigenvalue weighted by Crippen LogP contribution is -2.54. The van der Waals surface area contributed by atoms with Gasteiger partial charge in [-0.3, -0.25) is 39.1 Å². The summed E-state index contributed by atoms with van der Waals surface area (Å²) in [4.78, 5) is 83.6. The number of benzene rings is 2. The van der Waals surface area contributed by atoms with Gasteiger partial charge in [0.2, 0.25) is 17.8 Å². The molecule has 5 aromatic rings. The van der Waals surface area contributed by atoms with Crippen molar-refractivity contribution >= 4 is 52.0 Å². The molecule has 16 nitrogen and oxygen atoms in total. The molecule has 1 atom stereocenters. The van der Waals surface area contributed by atoms with Gasteiger partial charge < -0.3 is 15.3 Å². The van der Waals surface area contributed by atoms with Crippen molar-refractivity contribution in [2.75, 3.05) is 36.4 Å². The number of amides is 4. The SMILES string of the molecule is C=CCn1c(=O)c2cnc(Nc3ccc4c(c3)CN(CC3CN(c5ccc6c(c5)C(=O)N(C5CCC(=O)NC5=O)C6=O)C3)CC4)nc2n1-c1cccc(C(C)(C)O)n1. The highest BCUT2D eigenvalue weighted by atomic mass is 16.3. The fourth-order valence-corrected chi connectivity index (χ4v) is 8.39. The molecule has 4 amide bonds. The second-order valence-corrected chi connectivity index (χ2v) is 15.9. The molecule has 1 unspecified atom stereocenters. The van der Waals surface area contributed by atoms with Crippen molar-refractivity contribution in [3.05, 3.63) is 112 Å². The lowest BCUT2D eigenvalue weighted by atomic mass is 9.94. The monoisotopic (exact) mass is 782 g/mol. The zero-order valence-electron chi connectivity index (χ0n) is 32.1. The number of anilines is 3. The second-order valence-electron chi connectivity index (χ2n) is 15.9. The summed E-state index contributed by atoms with van der Waals surface area (Å²) in [6.45, 7) is 11.6. The van der Waals surface area contributed by atoms with Crippen LogP contribution in [0.25, 0.3) is 16.9 Å². The van der Waals surface area contributed by atoms with Crippen LogP contribution in [0.2, 0.25) is 0 Å². The van der Waals surface area contributed by atoms with E-state index >= 15 is 0 Å². The number of aromatic nitrogens is 5. The number of nitrogens with zero attached hydrogens (tertiary/aromatic N) is 8. The molecule has 0 saturated carbocycles. The average molecular weight is 783 g/mol. The number of imide groups is 2. The van der Waals surface area contributed by atoms with Crippen molar-refractivity contribution in [2.24, 2.45) is 5.92 Å². The molecule has 0 spiro atoms. The van der Waals surface area contributed by atoms with Crippen molar-refractivity contribution in [3.8, 4) is 5.82 Å². The largest absolute Gasteiger partial charge is 0.384 e. The number of hydrogen-bond donors (Lipinski definition) is 3. The van der Waals surface area contributed by atoms with E-state index < -0.39 is 35.3 Å². The van der Waals surface area contributed by atoms with Gasteiger partial charge in [0.25, 0.3) is 17.4 Å². The predicted molar refractivity (Wildman–Crippen MR) is 214 cm³/mol. The third-order valence-electron chi connectivity index (χ3n) is 11.4. The quantitative estimate of drug-likeness (QED) is 0.139. The molecule has 2 aromatic carbocycles. The highest BCUT2D eigenvalue weighted by molar-refractivity contribution is 6.23. The van der Waals surface area contributed by atoms with E-state index in [1.165, 1.54) is 22.0 Å². The van der Waals surface area contributed by atoms with Gasteiger partial charge in [-0.1, -0.05) is 18.2 Å². The number of hydrogen-bond acceptors (Lipinski definition) is 12. The summed E-state index contributed by atoms with van der Waals surface area (Å²) < 4.78 is 3.13. The first-order chi connectivity index (χ1) is 27.9. The maximum absolute atomic E-state index is 13.5. The number of carbonyl (C=O) groups excluding carboxylic acids is 4. The van der Waals surface area contributed by atoms with Crippen LogP contribution in [0, 0.1) is 5.92 Å². The van der Waals surface area contributed by atoms with Gasteiger partial charge in [0.15, 0.2) is 11.5 Å². The van der Waals surface area contributed by atoms with Crippen molar-refractivity contribution < 1.29 is 24.3 Å². The van der Waals surface area contributed by atoms with Crippen LogP contribution in [0.1, 0.15) is 64.2 Å². The maximum Gasteiger partial charge on any atom is 0.278 e. The third-order valence-corrected chi connectivity index (χ3v) is 11.4. The zero-order chi connectivity index (χ0) is 40.5. The number of allylic oxidation sites excluding steroid dienone is 1. The van der Waals surface area contributed by atoms with Crippen LogP contribution >= 0.6 is 0 Å². The Hall–Kier alpha value is -6.52. The van der Waals surface area contributed by atoms with E-state index in [0.29, 0.717) is 34.4 Å². The molecule has 296 valence electrons. The van der Waals surface area contributed by atoms with E-state index in [2.05, 4.69) is 49.1 Å². The number of rotatable bonds is 10. The Morgan fingerprint density at radius 2 is 1.78 bits per heavy atom. The molecule has 16 heteroatoms. The number of nitrogens with one attached hydrogen (secondary N) is 2. The standard InChI is InChI=1S/C42H42N10O6/c1-4-15-50-38(55)31-19-43-41(47-36(31)52(50)34-7-5-6-33(45-34)42(2,3)58)44-27-9-8-25-14-16-48(23-26(25)17-27)20-24-21-49(22-24)28-10-11-29-30(18-28)40(57)51(39(29)56)32-12-13-35(53)46-37(32)54/h4-11,17-19,24,32,58H,1,12-16,20-23H2,2-3H3,(H,43,44,47)(H,46,53,54). The van der Waals surface area contributed by atoms with Crippen LogP contribution in [-0.2, 0) is 34.7 Å². The Bertz CT molecular complexity index is 2620. The van der Waals surface area contributed by atoms with Crippen molar-refractivity contribution in [2.45, 2.75) is 57.8 Å². The molecule has 7 heterocycles. The summed E-state index contributed by atoms with van der Waals surface area (Å²) in [5.74, 6) is -0.872. The summed E-state index contributed by atoms with van der Waals surface area (Å²) in [5.41, 5.74) is 4.08. The highest BCUT2D eigenvalue weighted by Crippen LogP contribution is 2.34. The minimum absolute atomic E-state index is 0.0785. The second kappa shape index (κ2) is 14.1. The topological polar surface area (TPSA) is 188 Å². The van der Waals surface area contributed by atoms with Crippen LogP contribution in [-0.4, -0.2) is 95.1 Å². The van der Waals surface area contributed by atoms with Crippen molar-refractivity contribution in [1.82, 2.24) is 39.4 Å². The van der Waals surface area contributed by atoms with Gasteiger partial charge in [0.1, 0.15) is 17.0 Å². The Kier molecular flexibility index (Phi) is 9.04. The Balaban J connectivity index is 0.865. The van der Waals surface area contributed by atoms with Gasteiger partial charge >= 0.3 is 0 Å². The molecule has 9 rings (SSSR count). The van der Waals surface area contributed by atoms with Gasteiger partial charge in [-0.25, -0.2) is 19.3 Å². The number of fused-ring (bicyclic) bond motifs is 3. The fraction of sp³-hybridized carbons (Fsp3) is 0.333. The van der Waals surface area contributed by atoms with E-state index in [4.69, 9.17) is 4.98 Å². The minimum atomic E-state index is -1.19. The summed E-state index contributed by atoms with van der Waals surface area (Å²) in [5, 5.41) is 16.5. The van der Waals surface area contributed by atoms with Crippen molar-refractivity contribution in [3.63, 3.8) is 0 Å². The third kappa shape index (κ3) is 6.53. The smallest absolute Gasteiger partial charge is 0.278 e. The van der Waals surface area contributed by atoms with Crippen LogP contribution in [0.5, 0.6) is 0 Å². The van der Waals surface area contributed by atoms with E-state index in [1.54, 1.807) is 54.9 Å². The van der Waals surface area contributed by atoms with Crippen molar-refractivity contribution in [1.29, 1.82) is 0 Å². The number of carbonyl (C=O) groups is 4. The van der Waals surface area contributed by atoms with E-state index in [0.717, 1.165) is 55.4 Å². The summed E-state index contributed by atoms with van der Waals surface area (Å²) in [7, 11) is 0. The molecule has 3 aromatic heterocycles. The molecule has 4 aliphatic rings. The molecule has 0 aliphatic carbocycles. The van der Waals surface area contributed by atoms with Crippen LogP contribution in [0.4, 0.5) is 17.3 Å². The highest BCUT2D eigenvalue weighted by Gasteiger charge is 2.45. The maximum atomic E-state index is 13.5. The minimum Gasteiger partial charge on any atom is -0.384 e. The Morgan fingerprint density at radius 1 is 0.966 bits per heavy atom. The van der Waals surface area contributed by atoms with Gasteiger partial charge in [0.05, 0.1) is 23.4 Å². The Morgan fingerprint density at radius 3 is 2.55 bits per heavy atom. The lowest BCUT2D eigenvalue weighted by Gasteiger charge is -2.44. The number of piperidine rings is 1. The lowest BCUT2D eigenvalue weighted by molar-refractivity contribution is -0.136. The predicted octanol–water partition coefficient (Wildman–Crippen LogP) is 3.03. The summed E-state index contributed by atoms with van der Waals surface area (Å²) in [6.07, 6.45) is 4.26. The molecule has 3 N–H and O–H groups in total. The summed E-state index contributed by atoms with van der Waals surface area (Å²) in [6, 6.07) is 15.8. The molecular formula is C42H42N10O6. The first kappa shape index (κ1) is 37.1. The molecule has 0 bridgehead atoms. The molecule has 58 heavy (non-hydrogen) atoms. The summed E-state index contributed by atoms with van der Waals surface area (Å²) >= 11 is 0. The normalized spacial score (nSPS) is 18.6. The first-order valence-corrected chi connectivity index (χ1v) is 19.4.